The van der Waals surface area contributed by atoms with E-state index in [4.69, 9.17) is 11.6 Å². The van der Waals surface area contributed by atoms with Gasteiger partial charge in [-0.25, -0.2) is 4.79 Å². The minimum Gasteiger partial charge on any atom is -0.396 e. The van der Waals surface area contributed by atoms with Gasteiger partial charge in [0.15, 0.2) is 0 Å². The minimum atomic E-state index is -0.128. The summed E-state index contributed by atoms with van der Waals surface area (Å²) in [6, 6.07) is 7.37. The second-order valence-electron chi connectivity index (χ2n) is 6.19. The molecule has 1 unspecified atom stereocenters. The van der Waals surface area contributed by atoms with Gasteiger partial charge in [-0.1, -0.05) is 36.7 Å². The molecule has 1 heterocycles. The zero-order valence-corrected chi connectivity index (χ0v) is 14.1. The van der Waals surface area contributed by atoms with Gasteiger partial charge in [0.2, 0.25) is 0 Å². The highest BCUT2D eigenvalue weighted by atomic mass is 35.5. The van der Waals surface area contributed by atoms with E-state index >= 15 is 0 Å². The number of likely N-dealkylation sites (tertiary alicyclic amines) is 1. The topological polar surface area (TPSA) is 52.6 Å². The van der Waals surface area contributed by atoms with Gasteiger partial charge in [0, 0.05) is 24.7 Å². The number of piperidine rings is 1. The molecule has 1 aliphatic rings. The second kappa shape index (κ2) is 7.34. The number of urea groups is 1. The number of carbonyl (C=O) groups is 1. The number of halogens is 1. The molecule has 1 aromatic rings. The van der Waals surface area contributed by atoms with Crippen LogP contribution in [-0.2, 0) is 0 Å². The van der Waals surface area contributed by atoms with Crippen LogP contribution in [0.2, 0.25) is 5.02 Å². The van der Waals surface area contributed by atoms with Crippen molar-refractivity contribution >= 4 is 17.6 Å². The first-order chi connectivity index (χ1) is 10.5. The van der Waals surface area contributed by atoms with E-state index in [-0.39, 0.29) is 24.1 Å². The van der Waals surface area contributed by atoms with E-state index in [1.807, 2.05) is 36.1 Å². The maximum Gasteiger partial charge on any atom is 0.317 e. The predicted molar refractivity (Wildman–Crippen MR) is 89.0 cm³/mol. The van der Waals surface area contributed by atoms with Gasteiger partial charge in [0.25, 0.3) is 0 Å². The van der Waals surface area contributed by atoms with Crippen molar-refractivity contribution in [2.24, 2.45) is 5.41 Å². The maximum atomic E-state index is 12.4. The van der Waals surface area contributed by atoms with Gasteiger partial charge in [-0.2, -0.15) is 0 Å². The maximum absolute atomic E-state index is 12.4. The Balaban J connectivity index is 1.92. The SMILES string of the molecule is CCC1(CO)CCN(C(=O)NC(C)c2ccccc2Cl)CC1. The molecule has 5 heteroatoms. The molecule has 1 fully saturated rings. The third-order valence-corrected chi connectivity index (χ3v) is 5.25. The molecule has 1 atom stereocenters. The molecule has 4 nitrogen and oxygen atoms in total. The normalized spacial score (nSPS) is 18.8. The summed E-state index contributed by atoms with van der Waals surface area (Å²) in [5.41, 5.74) is 0.915. The number of carbonyl (C=O) groups excluding carboxylic acids is 1. The Hall–Kier alpha value is -1.26. The molecule has 122 valence electrons. The van der Waals surface area contributed by atoms with Crippen molar-refractivity contribution in [3.8, 4) is 0 Å². The Morgan fingerprint density at radius 3 is 2.59 bits per heavy atom. The van der Waals surface area contributed by atoms with E-state index in [2.05, 4.69) is 12.2 Å². The molecule has 2 amide bonds. The first-order valence-corrected chi connectivity index (χ1v) is 8.30. The molecule has 1 aromatic carbocycles. The summed E-state index contributed by atoms with van der Waals surface area (Å²) in [5.74, 6) is 0. The molecule has 2 N–H and O–H groups in total. The van der Waals surface area contributed by atoms with Crippen molar-refractivity contribution in [3.63, 3.8) is 0 Å². The quantitative estimate of drug-likeness (QED) is 0.889. The number of hydrogen-bond acceptors (Lipinski definition) is 2. The Labute approximate surface area is 137 Å². The molecule has 0 aromatic heterocycles. The highest BCUT2D eigenvalue weighted by Gasteiger charge is 2.34. The lowest BCUT2D eigenvalue weighted by Crippen LogP contribution is -2.48. The highest BCUT2D eigenvalue weighted by Crippen LogP contribution is 2.34. The largest absolute Gasteiger partial charge is 0.396 e. The highest BCUT2D eigenvalue weighted by molar-refractivity contribution is 6.31. The van der Waals surface area contributed by atoms with Crippen LogP contribution in [0.15, 0.2) is 24.3 Å². The van der Waals surface area contributed by atoms with E-state index in [1.54, 1.807) is 0 Å². The molecule has 22 heavy (non-hydrogen) atoms. The lowest BCUT2D eigenvalue weighted by atomic mass is 9.77. The van der Waals surface area contributed by atoms with Crippen molar-refractivity contribution in [3.05, 3.63) is 34.9 Å². The monoisotopic (exact) mass is 324 g/mol. The predicted octanol–water partition coefficient (Wildman–Crippen LogP) is 3.60. The minimum absolute atomic E-state index is 0.00880. The smallest absolute Gasteiger partial charge is 0.317 e. The molecule has 2 rings (SSSR count). The van der Waals surface area contributed by atoms with E-state index in [9.17, 15) is 9.90 Å². The van der Waals surface area contributed by atoms with Gasteiger partial charge in [0.05, 0.1) is 6.04 Å². The van der Waals surface area contributed by atoms with Crippen molar-refractivity contribution in [1.82, 2.24) is 10.2 Å². The van der Waals surface area contributed by atoms with Crippen LogP contribution in [0, 0.1) is 5.41 Å². The molecule has 0 aliphatic carbocycles. The third-order valence-electron chi connectivity index (χ3n) is 4.91. The van der Waals surface area contributed by atoms with E-state index in [0.717, 1.165) is 24.8 Å². The second-order valence-corrected chi connectivity index (χ2v) is 6.60. The number of nitrogens with zero attached hydrogens (tertiary/aromatic N) is 1. The van der Waals surface area contributed by atoms with Crippen molar-refractivity contribution < 1.29 is 9.90 Å². The van der Waals surface area contributed by atoms with Crippen LogP contribution in [0.5, 0.6) is 0 Å². The van der Waals surface area contributed by atoms with Gasteiger partial charge in [0.1, 0.15) is 0 Å². The number of benzene rings is 1. The summed E-state index contributed by atoms with van der Waals surface area (Å²) in [7, 11) is 0. The molecular formula is C17H25ClN2O2. The van der Waals surface area contributed by atoms with Gasteiger partial charge in [-0.05, 0) is 43.2 Å². The molecule has 1 saturated heterocycles. The Bertz CT molecular complexity index is 507. The van der Waals surface area contributed by atoms with E-state index in [1.165, 1.54) is 0 Å². The number of rotatable bonds is 4. The lowest BCUT2D eigenvalue weighted by molar-refractivity contribution is 0.0516. The third kappa shape index (κ3) is 3.73. The van der Waals surface area contributed by atoms with Crippen molar-refractivity contribution in [2.45, 2.75) is 39.2 Å². The van der Waals surface area contributed by atoms with Gasteiger partial charge < -0.3 is 15.3 Å². The fourth-order valence-corrected chi connectivity index (χ4v) is 3.29. The van der Waals surface area contributed by atoms with E-state index in [0.29, 0.717) is 18.1 Å². The van der Waals surface area contributed by atoms with Crippen LogP contribution in [0.3, 0.4) is 0 Å². The van der Waals surface area contributed by atoms with Crippen molar-refractivity contribution in [1.29, 1.82) is 0 Å². The molecule has 0 saturated carbocycles. The van der Waals surface area contributed by atoms with Gasteiger partial charge in [-0.3, -0.25) is 0 Å². The number of aliphatic hydroxyl groups is 1. The fourth-order valence-electron chi connectivity index (χ4n) is 2.99. The fraction of sp³-hybridized carbons (Fsp3) is 0.588. The summed E-state index contributed by atoms with van der Waals surface area (Å²) in [6.07, 6.45) is 2.66. The van der Waals surface area contributed by atoms with Crippen molar-refractivity contribution in [2.75, 3.05) is 19.7 Å². The first kappa shape index (κ1) is 17.1. The lowest BCUT2D eigenvalue weighted by Gasteiger charge is -2.40. The molecule has 0 bridgehead atoms. The van der Waals surface area contributed by atoms with E-state index < -0.39 is 0 Å². The average Bonchev–Trinajstić information content (AvgIpc) is 2.55. The number of aliphatic hydroxyl groups excluding tert-OH is 1. The summed E-state index contributed by atoms with van der Waals surface area (Å²) < 4.78 is 0. The van der Waals surface area contributed by atoms with Crippen LogP contribution in [0.25, 0.3) is 0 Å². The number of nitrogens with one attached hydrogen (secondary N) is 1. The Kier molecular flexibility index (Phi) is 5.70. The van der Waals surface area contributed by atoms with Gasteiger partial charge >= 0.3 is 6.03 Å². The zero-order chi connectivity index (χ0) is 16.2. The van der Waals surface area contributed by atoms with Crippen LogP contribution >= 0.6 is 11.6 Å². The van der Waals surface area contributed by atoms with Gasteiger partial charge in [-0.15, -0.1) is 0 Å². The van der Waals surface area contributed by atoms with Crippen LogP contribution in [0.1, 0.15) is 44.7 Å². The summed E-state index contributed by atoms with van der Waals surface area (Å²) >= 11 is 6.17. The molecule has 1 aliphatic heterocycles. The summed E-state index contributed by atoms with van der Waals surface area (Å²) in [4.78, 5) is 14.2. The molecular weight excluding hydrogens is 300 g/mol. The molecule has 0 spiro atoms. The Morgan fingerprint density at radius 2 is 2.05 bits per heavy atom. The Morgan fingerprint density at radius 1 is 1.41 bits per heavy atom. The first-order valence-electron chi connectivity index (χ1n) is 7.92. The average molecular weight is 325 g/mol. The molecule has 0 radical (unpaired) electrons. The number of hydrogen-bond donors (Lipinski definition) is 2. The van der Waals surface area contributed by atoms with Crippen LogP contribution in [0.4, 0.5) is 4.79 Å². The summed E-state index contributed by atoms with van der Waals surface area (Å²) in [6.45, 7) is 5.62. The number of amides is 2. The standard InChI is InChI=1S/C17H25ClN2O2/c1-3-17(12-21)8-10-20(11-9-17)16(22)19-13(2)14-6-4-5-7-15(14)18/h4-7,13,21H,3,8-12H2,1-2H3,(H,19,22). The van der Waals surface area contributed by atoms with Crippen LogP contribution in [-0.4, -0.2) is 35.7 Å². The summed E-state index contributed by atoms with van der Waals surface area (Å²) in [5, 5.41) is 13.2. The zero-order valence-electron chi connectivity index (χ0n) is 13.3. The van der Waals surface area contributed by atoms with Crippen LogP contribution < -0.4 is 5.32 Å².